The highest BCUT2D eigenvalue weighted by Gasteiger charge is 2.12. The van der Waals surface area contributed by atoms with Gasteiger partial charge in [-0.05, 0) is 49.2 Å². The SMILES string of the molecule is C/C(=N/NC(=O)c1cc(C)oc1C)c1ccc2ccccc2c1. The minimum absolute atomic E-state index is 0.264. The molecule has 0 radical (unpaired) electrons. The summed E-state index contributed by atoms with van der Waals surface area (Å²) in [7, 11) is 0. The molecule has 0 aliphatic carbocycles. The number of carbonyl (C=O) groups excluding carboxylic acids is 1. The number of fused-ring (bicyclic) bond motifs is 1. The summed E-state index contributed by atoms with van der Waals surface area (Å²) >= 11 is 0. The average molecular weight is 306 g/mol. The van der Waals surface area contributed by atoms with Crippen molar-refractivity contribution >= 4 is 22.4 Å². The number of carbonyl (C=O) groups is 1. The molecule has 0 unspecified atom stereocenters. The van der Waals surface area contributed by atoms with Crippen molar-refractivity contribution in [2.75, 3.05) is 0 Å². The van der Waals surface area contributed by atoms with E-state index in [9.17, 15) is 4.79 Å². The quantitative estimate of drug-likeness (QED) is 0.582. The predicted octanol–water partition coefficient (Wildman–Crippen LogP) is 4.20. The third kappa shape index (κ3) is 3.16. The Morgan fingerprint density at radius 2 is 1.78 bits per heavy atom. The molecule has 0 saturated heterocycles. The van der Waals surface area contributed by atoms with Gasteiger partial charge in [0, 0.05) is 0 Å². The number of hydrogen-bond donors (Lipinski definition) is 1. The van der Waals surface area contributed by atoms with Crippen LogP contribution in [-0.4, -0.2) is 11.6 Å². The number of amides is 1. The van der Waals surface area contributed by atoms with Crippen LogP contribution in [0.1, 0.15) is 34.4 Å². The number of nitrogens with zero attached hydrogens (tertiary/aromatic N) is 1. The number of nitrogens with one attached hydrogen (secondary N) is 1. The van der Waals surface area contributed by atoms with E-state index >= 15 is 0 Å². The first kappa shape index (κ1) is 15.0. The van der Waals surface area contributed by atoms with E-state index in [2.05, 4.69) is 34.8 Å². The Morgan fingerprint density at radius 3 is 2.48 bits per heavy atom. The van der Waals surface area contributed by atoms with Crippen LogP contribution in [0.5, 0.6) is 0 Å². The van der Waals surface area contributed by atoms with Crippen molar-refractivity contribution in [3.05, 3.63) is 71.2 Å². The van der Waals surface area contributed by atoms with Gasteiger partial charge in [-0.1, -0.05) is 36.4 Å². The maximum absolute atomic E-state index is 12.1. The molecule has 0 bridgehead atoms. The van der Waals surface area contributed by atoms with Gasteiger partial charge in [-0.15, -0.1) is 0 Å². The molecule has 1 amide bonds. The molecule has 4 heteroatoms. The second kappa shape index (κ2) is 6.08. The zero-order chi connectivity index (χ0) is 16.4. The van der Waals surface area contributed by atoms with E-state index in [-0.39, 0.29) is 5.91 Å². The second-order valence-corrected chi connectivity index (χ2v) is 5.53. The minimum Gasteiger partial charge on any atom is -0.466 e. The first-order valence-corrected chi connectivity index (χ1v) is 7.45. The van der Waals surface area contributed by atoms with Gasteiger partial charge in [0.2, 0.25) is 0 Å². The summed E-state index contributed by atoms with van der Waals surface area (Å²) in [5.41, 5.74) is 4.83. The van der Waals surface area contributed by atoms with Crippen molar-refractivity contribution in [1.29, 1.82) is 0 Å². The molecule has 2 aromatic carbocycles. The fourth-order valence-electron chi connectivity index (χ4n) is 2.53. The summed E-state index contributed by atoms with van der Waals surface area (Å²) in [6, 6.07) is 16.0. The van der Waals surface area contributed by atoms with E-state index in [1.165, 1.54) is 5.39 Å². The first-order valence-electron chi connectivity index (χ1n) is 7.45. The summed E-state index contributed by atoms with van der Waals surface area (Å²) < 4.78 is 5.37. The summed E-state index contributed by atoms with van der Waals surface area (Å²) in [5.74, 6) is 1.04. The van der Waals surface area contributed by atoms with Crippen molar-refractivity contribution in [2.45, 2.75) is 20.8 Å². The van der Waals surface area contributed by atoms with Crippen LogP contribution in [0.15, 0.2) is 58.0 Å². The normalized spacial score (nSPS) is 11.7. The van der Waals surface area contributed by atoms with Crippen LogP contribution in [0, 0.1) is 13.8 Å². The van der Waals surface area contributed by atoms with Gasteiger partial charge in [0.05, 0.1) is 11.3 Å². The van der Waals surface area contributed by atoms with Crippen LogP contribution in [-0.2, 0) is 0 Å². The van der Waals surface area contributed by atoms with Crippen molar-refractivity contribution in [3.8, 4) is 0 Å². The Bertz CT molecular complexity index is 907. The van der Waals surface area contributed by atoms with E-state index in [4.69, 9.17) is 4.42 Å². The Labute approximate surface area is 134 Å². The smallest absolute Gasteiger partial charge is 0.274 e. The molecule has 1 heterocycles. The molecule has 116 valence electrons. The van der Waals surface area contributed by atoms with Crippen LogP contribution in [0.2, 0.25) is 0 Å². The lowest BCUT2D eigenvalue weighted by molar-refractivity contribution is 0.0953. The molecule has 0 fully saturated rings. The van der Waals surface area contributed by atoms with Gasteiger partial charge in [-0.2, -0.15) is 5.10 Å². The number of furan rings is 1. The zero-order valence-electron chi connectivity index (χ0n) is 13.4. The molecule has 0 saturated carbocycles. The molecule has 3 rings (SSSR count). The number of aryl methyl sites for hydroxylation is 2. The average Bonchev–Trinajstić information content (AvgIpc) is 2.90. The van der Waals surface area contributed by atoms with E-state index < -0.39 is 0 Å². The number of benzene rings is 2. The first-order chi connectivity index (χ1) is 11.0. The van der Waals surface area contributed by atoms with Gasteiger partial charge < -0.3 is 4.42 Å². The van der Waals surface area contributed by atoms with Crippen molar-refractivity contribution < 1.29 is 9.21 Å². The lowest BCUT2D eigenvalue weighted by Gasteiger charge is -2.04. The Morgan fingerprint density at radius 1 is 1.04 bits per heavy atom. The van der Waals surface area contributed by atoms with E-state index in [0.29, 0.717) is 17.1 Å². The molecule has 0 aliphatic heterocycles. The van der Waals surface area contributed by atoms with E-state index in [0.717, 1.165) is 16.7 Å². The largest absolute Gasteiger partial charge is 0.466 e. The third-order valence-corrected chi connectivity index (χ3v) is 3.78. The Balaban J connectivity index is 1.81. The van der Waals surface area contributed by atoms with Gasteiger partial charge in [-0.3, -0.25) is 4.79 Å². The highest BCUT2D eigenvalue weighted by atomic mass is 16.3. The van der Waals surface area contributed by atoms with Gasteiger partial charge in [0.25, 0.3) is 5.91 Å². The van der Waals surface area contributed by atoms with Gasteiger partial charge in [0.15, 0.2) is 0 Å². The van der Waals surface area contributed by atoms with Crippen LogP contribution in [0.25, 0.3) is 10.8 Å². The number of rotatable bonds is 3. The van der Waals surface area contributed by atoms with Gasteiger partial charge in [-0.25, -0.2) is 5.43 Å². The number of hydrogen-bond acceptors (Lipinski definition) is 3. The highest BCUT2D eigenvalue weighted by molar-refractivity contribution is 6.03. The third-order valence-electron chi connectivity index (χ3n) is 3.78. The van der Waals surface area contributed by atoms with Crippen molar-refractivity contribution in [1.82, 2.24) is 5.43 Å². The molecule has 0 spiro atoms. The zero-order valence-corrected chi connectivity index (χ0v) is 13.4. The molecular weight excluding hydrogens is 288 g/mol. The van der Waals surface area contributed by atoms with E-state index in [1.54, 1.807) is 13.0 Å². The molecule has 23 heavy (non-hydrogen) atoms. The van der Waals surface area contributed by atoms with E-state index in [1.807, 2.05) is 32.0 Å². The van der Waals surface area contributed by atoms with Crippen LogP contribution in [0.4, 0.5) is 0 Å². The highest BCUT2D eigenvalue weighted by Crippen LogP contribution is 2.16. The Kier molecular flexibility index (Phi) is 3.98. The maximum atomic E-state index is 12.1. The fourth-order valence-corrected chi connectivity index (χ4v) is 2.53. The van der Waals surface area contributed by atoms with Crippen molar-refractivity contribution in [2.24, 2.45) is 5.10 Å². The Hall–Kier alpha value is -2.88. The van der Waals surface area contributed by atoms with Crippen molar-refractivity contribution in [3.63, 3.8) is 0 Å². The van der Waals surface area contributed by atoms with Crippen LogP contribution >= 0.6 is 0 Å². The molecule has 1 N–H and O–H groups in total. The molecule has 1 aromatic heterocycles. The monoisotopic (exact) mass is 306 g/mol. The van der Waals surface area contributed by atoms with Gasteiger partial charge >= 0.3 is 0 Å². The molecule has 0 atom stereocenters. The number of hydrazone groups is 1. The van der Waals surface area contributed by atoms with Crippen LogP contribution < -0.4 is 5.43 Å². The lowest BCUT2D eigenvalue weighted by atomic mass is 10.0. The lowest BCUT2D eigenvalue weighted by Crippen LogP contribution is -2.19. The summed E-state index contributed by atoms with van der Waals surface area (Å²) in [6.07, 6.45) is 0. The summed E-state index contributed by atoms with van der Waals surface area (Å²) in [6.45, 7) is 5.45. The summed E-state index contributed by atoms with van der Waals surface area (Å²) in [5, 5.41) is 6.53. The maximum Gasteiger partial charge on any atom is 0.274 e. The predicted molar refractivity (Wildman–Crippen MR) is 91.8 cm³/mol. The fraction of sp³-hybridized carbons (Fsp3) is 0.158. The second-order valence-electron chi connectivity index (χ2n) is 5.53. The van der Waals surface area contributed by atoms with Gasteiger partial charge in [0.1, 0.15) is 11.5 Å². The molecule has 4 nitrogen and oxygen atoms in total. The molecular formula is C19H18N2O2. The topological polar surface area (TPSA) is 54.6 Å². The minimum atomic E-state index is -0.264. The molecule has 3 aromatic rings. The summed E-state index contributed by atoms with van der Waals surface area (Å²) in [4.78, 5) is 12.1. The molecule has 0 aliphatic rings. The standard InChI is InChI=1S/C19H18N2O2/c1-12-10-18(14(3)23-12)19(22)21-20-13(2)16-9-8-15-6-4-5-7-17(15)11-16/h4-11H,1-3H3,(H,21,22)/b20-13-. The van der Waals surface area contributed by atoms with Crippen LogP contribution in [0.3, 0.4) is 0 Å².